The average molecular weight is 291 g/mol. The van der Waals surface area contributed by atoms with Crippen LogP contribution in [0, 0.1) is 0 Å². The topological polar surface area (TPSA) is 0 Å². The highest BCUT2D eigenvalue weighted by molar-refractivity contribution is 5.01. The van der Waals surface area contributed by atoms with Crippen molar-refractivity contribution in [1.29, 1.82) is 0 Å². The van der Waals surface area contributed by atoms with Gasteiger partial charge >= 0.3 is 0 Å². The Morgan fingerprint density at radius 1 is 0.476 bits per heavy atom. The minimum Gasteiger partial charge on any atom is -0.0885 e. The van der Waals surface area contributed by atoms with Crippen LogP contribution in [-0.2, 0) is 0 Å². The third-order valence-electron chi connectivity index (χ3n) is 3.75. The van der Waals surface area contributed by atoms with Crippen LogP contribution in [0.25, 0.3) is 0 Å². The quantitative estimate of drug-likeness (QED) is 0.164. The second kappa shape index (κ2) is 19.2. The lowest BCUT2D eigenvalue weighted by Crippen LogP contribution is -1.79. The van der Waals surface area contributed by atoms with Crippen molar-refractivity contribution in [2.45, 2.75) is 97.3 Å². The van der Waals surface area contributed by atoms with Gasteiger partial charge in [-0.3, -0.25) is 0 Å². The van der Waals surface area contributed by atoms with Crippen molar-refractivity contribution in [3.63, 3.8) is 0 Å². The molecule has 0 amide bonds. The van der Waals surface area contributed by atoms with Crippen molar-refractivity contribution in [3.05, 3.63) is 36.5 Å². The Labute approximate surface area is 134 Å². The third kappa shape index (κ3) is 19.2. The fraction of sp³-hybridized carbons (Fsp3) is 0.714. The highest BCUT2D eigenvalue weighted by Gasteiger charge is 1.90. The van der Waals surface area contributed by atoms with Crippen LogP contribution in [0.5, 0.6) is 0 Å². The Kier molecular flexibility index (Phi) is 18.5. The molecule has 0 aromatic rings. The van der Waals surface area contributed by atoms with Gasteiger partial charge in [-0.15, -0.1) is 0 Å². The van der Waals surface area contributed by atoms with Crippen LogP contribution in [-0.4, -0.2) is 0 Å². The molecule has 0 aromatic carbocycles. The maximum atomic E-state index is 2.39. The van der Waals surface area contributed by atoms with E-state index in [2.05, 4.69) is 50.3 Å². The van der Waals surface area contributed by atoms with Gasteiger partial charge in [-0.1, -0.05) is 88.8 Å². The van der Waals surface area contributed by atoms with Gasteiger partial charge < -0.3 is 0 Å². The van der Waals surface area contributed by atoms with Gasteiger partial charge in [0.05, 0.1) is 0 Å². The Hall–Kier alpha value is -0.780. The van der Waals surface area contributed by atoms with Crippen molar-refractivity contribution in [1.82, 2.24) is 0 Å². The molecule has 21 heavy (non-hydrogen) atoms. The first kappa shape index (κ1) is 20.2. The van der Waals surface area contributed by atoms with Gasteiger partial charge in [0.1, 0.15) is 0 Å². The van der Waals surface area contributed by atoms with Crippen molar-refractivity contribution < 1.29 is 0 Å². The number of rotatable bonds is 15. The van der Waals surface area contributed by atoms with E-state index in [0.29, 0.717) is 0 Å². The molecular formula is C21H38. The normalized spacial score (nSPS) is 12.3. The summed E-state index contributed by atoms with van der Waals surface area (Å²) in [6.45, 7) is 4.44. The Morgan fingerprint density at radius 2 is 0.952 bits per heavy atom. The summed E-state index contributed by atoms with van der Waals surface area (Å²) >= 11 is 0. The summed E-state index contributed by atoms with van der Waals surface area (Å²) in [4.78, 5) is 0. The van der Waals surface area contributed by atoms with E-state index >= 15 is 0 Å². The predicted molar refractivity (Wildman–Crippen MR) is 98.8 cm³/mol. The summed E-state index contributed by atoms with van der Waals surface area (Å²) < 4.78 is 0. The Balaban J connectivity index is 3.12. The van der Waals surface area contributed by atoms with Crippen LogP contribution in [0.15, 0.2) is 36.5 Å². The van der Waals surface area contributed by atoms with Gasteiger partial charge in [-0.05, 0) is 44.9 Å². The van der Waals surface area contributed by atoms with E-state index in [0.717, 1.165) is 6.42 Å². The maximum absolute atomic E-state index is 2.39. The third-order valence-corrected chi connectivity index (χ3v) is 3.75. The lowest BCUT2D eigenvalue weighted by Gasteiger charge is -1.99. The van der Waals surface area contributed by atoms with E-state index in [9.17, 15) is 0 Å². The van der Waals surface area contributed by atoms with Gasteiger partial charge in [0.25, 0.3) is 0 Å². The molecule has 122 valence electrons. The number of allylic oxidation sites excluding steroid dienone is 6. The zero-order chi connectivity index (χ0) is 15.4. The number of unbranched alkanes of at least 4 members (excludes halogenated alkanes) is 10. The van der Waals surface area contributed by atoms with E-state index in [1.54, 1.807) is 0 Å². The molecule has 0 nitrogen and oxygen atoms in total. The van der Waals surface area contributed by atoms with Crippen molar-refractivity contribution in [3.8, 4) is 0 Å². The van der Waals surface area contributed by atoms with Gasteiger partial charge in [0.2, 0.25) is 0 Å². The van der Waals surface area contributed by atoms with E-state index in [4.69, 9.17) is 0 Å². The first-order chi connectivity index (χ1) is 10.4. The van der Waals surface area contributed by atoms with Crippen molar-refractivity contribution >= 4 is 0 Å². The molecule has 0 heterocycles. The largest absolute Gasteiger partial charge is 0.0885 e. The van der Waals surface area contributed by atoms with Gasteiger partial charge in [-0.2, -0.15) is 0 Å². The Bertz CT molecular complexity index is 257. The molecule has 0 saturated carbocycles. The average Bonchev–Trinajstić information content (AvgIpc) is 2.50. The summed E-state index contributed by atoms with van der Waals surface area (Å²) in [6, 6.07) is 0. The number of hydrogen-bond donors (Lipinski definition) is 0. The molecule has 0 aliphatic carbocycles. The van der Waals surface area contributed by atoms with Crippen molar-refractivity contribution in [2.75, 3.05) is 0 Å². The summed E-state index contributed by atoms with van der Waals surface area (Å²) in [5.41, 5.74) is 0. The standard InChI is InChI=1S/C21H38/c1-3-5-7-9-11-13-15-17-19-21-20-18-16-14-12-10-8-6-4-2/h5,7,9,11-12,14H,3-4,6,8,10,13,15-21H2,1-2H3/b7-5+,11-9+,14-12+. The molecule has 0 spiro atoms. The van der Waals surface area contributed by atoms with Gasteiger partial charge in [-0.25, -0.2) is 0 Å². The van der Waals surface area contributed by atoms with E-state index in [1.165, 1.54) is 77.0 Å². The van der Waals surface area contributed by atoms with Gasteiger partial charge in [0.15, 0.2) is 0 Å². The molecule has 0 atom stereocenters. The smallest absolute Gasteiger partial charge is 0.0348 e. The fourth-order valence-electron chi connectivity index (χ4n) is 2.37. The molecule has 0 rings (SSSR count). The minimum absolute atomic E-state index is 1.14. The molecule has 0 unspecified atom stereocenters. The highest BCUT2D eigenvalue weighted by Crippen LogP contribution is 2.09. The molecule has 0 heteroatoms. The maximum Gasteiger partial charge on any atom is -0.0348 e. The van der Waals surface area contributed by atoms with E-state index in [1.807, 2.05) is 0 Å². The van der Waals surface area contributed by atoms with Crippen LogP contribution in [0.3, 0.4) is 0 Å². The van der Waals surface area contributed by atoms with Crippen LogP contribution in [0.4, 0.5) is 0 Å². The SMILES string of the molecule is CC/C=C/C=C/CCCCCCCC/C=C/CCCCC. The molecule has 0 fully saturated rings. The molecule has 0 N–H and O–H groups in total. The monoisotopic (exact) mass is 290 g/mol. The van der Waals surface area contributed by atoms with Crippen LogP contribution in [0.1, 0.15) is 97.3 Å². The molecular weight excluding hydrogens is 252 g/mol. The van der Waals surface area contributed by atoms with Crippen molar-refractivity contribution in [2.24, 2.45) is 0 Å². The minimum atomic E-state index is 1.14. The fourth-order valence-corrected chi connectivity index (χ4v) is 2.37. The second-order valence-corrected chi connectivity index (χ2v) is 5.93. The zero-order valence-electron chi connectivity index (χ0n) is 14.7. The molecule has 0 aromatic heterocycles. The highest BCUT2D eigenvalue weighted by atomic mass is 14.0. The predicted octanol–water partition coefficient (Wildman–Crippen LogP) is 7.77. The molecule has 0 aliphatic rings. The first-order valence-corrected chi connectivity index (χ1v) is 9.38. The van der Waals surface area contributed by atoms with Crippen LogP contribution >= 0.6 is 0 Å². The van der Waals surface area contributed by atoms with E-state index < -0.39 is 0 Å². The summed E-state index contributed by atoms with van der Waals surface area (Å²) in [6.07, 6.45) is 31.1. The molecule has 0 saturated heterocycles. The molecule has 0 bridgehead atoms. The van der Waals surface area contributed by atoms with Crippen LogP contribution < -0.4 is 0 Å². The Morgan fingerprint density at radius 3 is 1.52 bits per heavy atom. The summed E-state index contributed by atoms with van der Waals surface area (Å²) in [7, 11) is 0. The summed E-state index contributed by atoms with van der Waals surface area (Å²) in [5, 5.41) is 0. The first-order valence-electron chi connectivity index (χ1n) is 9.38. The van der Waals surface area contributed by atoms with E-state index in [-0.39, 0.29) is 0 Å². The molecule has 0 aliphatic heterocycles. The zero-order valence-corrected chi connectivity index (χ0v) is 14.7. The van der Waals surface area contributed by atoms with Gasteiger partial charge in [0, 0.05) is 0 Å². The molecule has 0 radical (unpaired) electrons. The second-order valence-electron chi connectivity index (χ2n) is 5.93. The summed E-state index contributed by atoms with van der Waals surface area (Å²) in [5.74, 6) is 0. The lowest BCUT2D eigenvalue weighted by molar-refractivity contribution is 0.599. The number of hydrogen-bond acceptors (Lipinski definition) is 0. The lowest BCUT2D eigenvalue weighted by atomic mass is 10.1. The van der Waals surface area contributed by atoms with Crippen LogP contribution in [0.2, 0.25) is 0 Å².